The summed E-state index contributed by atoms with van der Waals surface area (Å²) in [6.07, 6.45) is 2.11. The van der Waals surface area contributed by atoms with Crippen LogP contribution in [0.4, 0.5) is 14.5 Å². The normalized spacial score (nSPS) is 13.5. The lowest BCUT2D eigenvalue weighted by Gasteiger charge is -2.21. The fraction of sp³-hybridized carbons (Fsp3) is 0.304. The SMILES string of the molecule is CCOc1ccc(F)cc1-c1cc(CNC(=O)c2cc(F)ccc2N2CCCC2)[nH]n1. The molecule has 1 aromatic heterocycles. The van der Waals surface area contributed by atoms with E-state index >= 15 is 0 Å². The molecule has 1 saturated heterocycles. The summed E-state index contributed by atoms with van der Waals surface area (Å²) in [6, 6.07) is 10.3. The Morgan fingerprint density at radius 2 is 1.87 bits per heavy atom. The van der Waals surface area contributed by atoms with E-state index in [2.05, 4.69) is 20.4 Å². The maximum atomic E-state index is 13.8. The van der Waals surface area contributed by atoms with Gasteiger partial charge in [0.1, 0.15) is 17.4 Å². The fourth-order valence-electron chi connectivity index (χ4n) is 3.77. The van der Waals surface area contributed by atoms with Crippen LogP contribution in [0.3, 0.4) is 0 Å². The third-order valence-corrected chi connectivity index (χ3v) is 5.24. The van der Waals surface area contributed by atoms with E-state index in [1.54, 1.807) is 18.2 Å². The van der Waals surface area contributed by atoms with E-state index in [-0.39, 0.29) is 12.5 Å². The van der Waals surface area contributed by atoms with Crippen molar-refractivity contribution >= 4 is 11.6 Å². The van der Waals surface area contributed by atoms with Gasteiger partial charge >= 0.3 is 0 Å². The quantitative estimate of drug-likeness (QED) is 0.592. The molecule has 1 fully saturated rings. The van der Waals surface area contributed by atoms with Crippen molar-refractivity contribution in [1.29, 1.82) is 0 Å². The number of nitrogens with zero attached hydrogens (tertiary/aromatic N) is 2. The highest BCUT2D eigenvalue weighted by atomic mass is 19.1. The van der Waals surface area contributed by atoms with Gasteiger partial charge in [-0.3, -0.25) is 9.89 Å². The number of H-pyrrole nitrogens is 1. The molecule has 1 aliphatic heterocycles. The molecule has 0 unspecified atom stereocenters. The summed E-state index contributed by atoms with van der Waals surface area (Å²) in [5.41, 5.74) is 2.72. The number of rotatable bonds is 7. The molecule has 2 N–H and O–H groups in total. The number of carbonyl (C=O) groups is 1. The van der Waals surface area contributed by atoms with Crippen LogP contribution in [0.5, 0.6) is 5.75 Å². The lowest BCUT2D eigenvalue weighted by molar-refractivity contribution is 0.0950. The molecule has 2 aromatic carbocycles. The van der Waals surface area contributed by atoms with Crippen molar-refractivity contribution in [2.24, 2.45) is 0 Å². The van der Waals surface area contributed by atoms with Gasteiger partial charge in [0.2, 0.25) is 0 Å². The Morgan fingerprint density at radius 1 is 1.13 bits per heavy atom. The Hall–Kier alpha value is -3.42. The van der Waals surface area contributed by atoms with Gasteiger partial charge in [-0.2, -0.15) is 5.10 Å². The number of halogens is 2. The number of aromatic nitrogens is 2. The molecule has 0 aliphatic carbocycles. The second-order valence-electron chi connectivity index (χ2n) is 7.39. The van der Waals surface area contributed by atoms with Gasteiger partial charge in [0, 0.05) is 24.3 Å². The Kier molecular flexibility index (Phi) is 6.16. The molecule has 8 heteroatoms. The number of aromatic amines is 1. The highest BCUT2D eigenvalue weighted by Gasteiger charge is 2.20. The first-order valence-corrected chi connectivity index (χ1v) is 10.3. The molecule has 6 nitrogen and oxygen atoms in total. The summed E-state index contributed by atoms with van der Waals surface area (Å²) in [6.45, 7) is 4.17. The first kappa shape index (κ1) is 20.8. The maximum Gasteiger partial charge on any atom is 0.253 e. The molecule has 0 atom stereocenters. The lowest BCUT2D eigenvalue weighted by Crippen LogP contribution is -2.27. The van der Waals surface area contributed by atoms with Crippen LogP contribution in [0.15, 0.2) is 42.5 Å². The van der Waals surface area contributed by atoms with Crippen LogP contribution in [-0.4, -0.2) is 35.8 Å². The summed E-state index contributed by atoms with van der Waals surface area (Å²) in [7, 11) is 0. The van der Waals surface area contributed by atoms with Crippen LogP contribution in [-0.2, 0) is 6.54 Å². The number of carbonyl (C=O) groups excluding carboxylic acids is 1. The third-order valence-electron chi connectivity index (χ3n) is 5.24. The first-order chi connectivity index (χ1) is 15.0. The molecule has 4 rings (SSSR count). The molecule has 0 spiro atoms. The van der Waals surface area contributed by atoms with Crippen LogP contribution >= 0.6 is 0 Å². The summed E-state index contributed by atoms with van der Waals surface area (Å²) in [5.74, 6) is -0.678. The summed E-state index contributed by atoms with van der Waals surface area (Å²) >= 11 is 0. The first-order valence-electron chi connectivity index (χ1n) is 10.3. The van der Waals surface area contributed by atoms with Crippen molar-refractivity contribution in [2.45, 2.75) is 26.3 Å². The van der Waals surface area contributed by atoms with E-state index < -0.39 is 11.6 Å². The molecule has 1 amide bonds. The Labute approximate surface area is 179 Å². The van der Waals surface area contributed by atoms with Gasteiger partial charge in [0.25, 0.3) is 5.91 Å². The van der Waals surface area contributed by atoms with E-state index in [9.17, 15) is 13.6 Å². The monoisotopic (exact) mass is 426 g/mol. The largest absolute Gasteiger partial charge is 0.493 e. The van der Waals surface area contributed by atoms with Crippen LogP contribution in [0, 0.1) is 11.6 Å². The molecule has 162 valence electrons. The minimum absolute atomic E-state index is 0.168. The van der Waals surface area contributed by atoms with E-state index in [0.717, 1.165) is 31.6 Å². The third kappa shape index (κ3) is 4.68. The van der Waals surface area contributed by atoms with Crippen molar-refractivity contribution in [3.63, 3.8) is 0 Å². The van der Waals surface area contributed by atoms with Gasteiger partial charge < -0.3 is 15.0 Å². The zero-order chi connectivity index (χ0) is 21.8. The highest BCUT2D eigenvalue weighted by molar-refractivity contribution is 5.99. The second kappa shape index (κ2) is 9.16. The zero-order valence-corrected chi connectivity index (χ0v) is 17.3. The second-order valence-corrected chi connectivity index (χ2v) is 7.39. The fourth-order valence-corrected chi connectivity index (χ4v) is 3.77. The number of nitrogens with one attached hydrogen (secondary N) is 2. The number of amides is 1. The number of hydrogen-bond acceptors (Lipinski definition) is 4. The molecular formula is C23H24F2N4O2. The minimum atomic E-state index is -0.452. The van der Waals surface area contributed by atoms with Gasteiger partial charge in [0.05, 0.1) is 30.1 Å². The van der Waals surface area contributed by atoms with E-state index in [1.807, 2.05) is 6.92 Å². The smallest absolute Gasteiger partial charge is 0.253 e. The minimum Gasteiger partial charge on any atom is -0.493 e. The standard InChI is InChI=1S/C23H24F2N4O2/c1-2-31-22-8-6-16(25)11-18(22)20-13-17(27-28-20)14-26-23(30)19-12-15(24)5-7-21(19)29-9-3-4-10-29/h5-8,11-13H,2-4,9-10,14H2,1H3,(H,26,30)(H,27,28). The number of anilines is 1. The Balaban J connectivity index is 1.49. The average molecular weight is 426 g/mol. The molecule has 0 saturated carbocycles. The zero-order valence-electron chi connectivity index (χ0n) is 17.3. The van der Waals surface area contributed by atoms with E-state index in [0.29, 0.717) is 34.9 Å². The van der Waals surface area contributed by atoms with Gasteiger partial charge in [-0.1, -0.05) is 0 Å². The number of ether oxygens (including phenoxy) is 1. The number of hydrogen-bond donors (Lipinski definition) is 2. The van der Waals surface area contributed by atoms with Crippen molar-refractivity contribution in [2.75, 3.05) is 24.6 Å². The predicted octanol–water partition coefficient (Wildman–Crippen LogP) is 4.28. The molecule has 1 aliphatic rings. The van der Waals surface area contributed by atoms with Crippen molar-refractivity contribution in [3.8, 4) is 17.0 Å². The summed E-state index contributed by atoms with van der Waals surface area (Å²) < 4.78 is 33.1. The summed E-state index contributed by atoms with van der Waals surface area (Å²) in [4.78, 5) is 14.9. The maximum absolute atomic E-state index is 13.8. The average Bonchev–Trinajstić information content (AvgIpc) is 3.46. The van der Waals surface area contributed by atoms with Gasteiger partial charge in [-0.15, -0.1) is 0 Å². The predicted molar refractivity (Wildman–Crippen MR) is 114 cm³/mol. The Bertz CT molecular complexity index is 1080. The van der Waals surface area contributed by atoms with E-state index in [1.165, 1.54) is 24.3 Å². The van der Waals surface area contributed by atoms with Crippen LogP contribution in [0.25, 0.3) is 11.3 Å². The van der Waals surface area contributed by atoms with Crippen molar-refractivity contribution < 1.29 is 18.3 Å². The number of benzene rings is 2. The van der Waals surface area contributed by atoms with E-state index in [4.69, 9.17) is 4.74 Å². The molecule has 0 bridgehead atoms. The van der Waals surface area contributed by atoms with Crippen molar-refractivity contribution in [3.05, 3.63) is 65.4 Å². The van der Waals surface area contributed by atoms with Crippen molar-refractivity contribution in [1.82, 2.24) is 15.5 Å². The van der Waals surface area contributed by atoms with Crippen LogP contribution < -0.4 is 15.0 Å². The highest BCUT2D eigenvalue weighted by Crippen LogP contribution is 2.30. The molecule has 0 radical (unpaired) electrons. The van der Waals surface area contributed by atoms with Gasteiger partial charge in [-0.25, -0.2) is 8.78 Å². The Morgan fingerprint density at radius 3 is 2.65 bits per heavy atom. The molecule has 3 aromatic rings. The summed E-state index contributed by atoms with van der Waals surface area (Å²) in [5, 5.41) is 9.89. The van der Waals surface area contributed by atoms with Gasteiger partial charge in [-0.05, 0) is 62.2 Å². The topological polar surface area (TPSA) is 70.2 Å². The lowest BCUT2D eigenvalue weighted by atomic mass is 10.1. The van der Waals surface area contributed by atoms with Crippen LogP contribution in [0.2, 0.25) is 0 Å². The molecule has 31 heavy (non-hydrogen) atoms. The van der Waals surface area contributed by atoms with Gasteiger partial charge in [0.15, 0.2) is 0 Å². The molecule has 2 heterocycles. The molecular weight excluding hydrogens is 402 g/mol. The van der Waals surface area contributed by atoms with Crippen LogP contribution in [0.1, 0.15) is 35.8 Å².